The fraction of sp³-hybridized carbons (Fsp3) is 0.143. The van der Waals surface area contributed by atoms with Crippen LogP contribution in [-0.2, 0) is 10.0 Å². The van der Waals surface area contributed by atoms with Gasteiger partial charge in [-0.2, -0.15) is 0 Å². The lowest BCUT2D eigenvalue weighted by atomic mass is 10.3. The zero-order valence-corrected chi connectivity index (χ0v) is 7.83. The van der Waals surface area contributed by atoms with E-state index in [1.165, 1.54) is 0 Å². The molecule has 0 atom stereocenters. The Morgan fingerprint density at radius 3 is 2.29 bits per heavy atom. The van der Waals surface area contributed by atoms with Gasteiger partial charge in [0.1, 0.15) is 10.7 Å². The topological polar surface area (TPSA) is 46.2 Å². The molecule has 0 amide bonds. The largest absolute Gasteiger partial charge is 0.243 e. The molecule has 0 heterocycles. The van der Waals surface area contributed by atoms with Gasteiger partial charge in [-0.15, -0.1) is 0 Å². The normalized spacial score (nSPS) is 11.7. The number of hydrogen-bond donors (Lipinski definition) is 1. The highest BCUT2D eigenvalue weighted by Crippen LogP contribution is 2.18. The number of sulfonamides is 1. The Kier molecular flexibility index (Phi) is 2.81. The van der Waals surface area contributed by atoms with E-state index in [2.05, 4.69) is 0 Å². The maximum atomic E-state index is 12.9. The lowest BCUT2D eigenvalue weighted by Gasteiger charge is -2.04. The van der Waals surface area contributed by atoms with Gasteiger partial charge in [0.2, 0.25) is 10.0 Å². The van der Waals surface area contributed by atoms with E-state index in [4.69, 9.17) is 0 Å². The van der Waals surface area contributed by atoms with Gasteiger partial charge in [0.05, 0.1) is 0 Å². The summed E-state index contributed by atoms with van der Waals surface area (Å²) in [4.78, 5) is -1.04. The molecule has 78 valence electrons. The number of rotatable bonds is 2. The molecule has 1 aromatic carbocycles. The van der Waals surface area contributed by atoms with Gasteiger partial charge in [-0.1, -0.05) is 0 Å². The van der Waals surface area contributed by atoms with Crippen LogP contribution in [0.2, 0.25) is 0 Å². The van der Waals surface area contributed by atoms with Crippen LogP contribution in [0.1, 0.15) is 0 Å². The molecule has 1 aromatic rings. The summed E-state index contributed by atoms with van der Waals surface area (Å²) in [6.45, 7) is 0. The van der Waals surface area contributed by atoms with Gasteiger partial charge in [0.25, 0.3) is 0 Å². The molecular weight excluding hydrogens is 219 g/mol. The van der Waals surface area contributed by atoms with Crippen LogP contribution in [0.4, 0.5) is 13.2 Å². The molecule has 0 aliphatic heterocycles. The summed E-state index contributed by atoms with van der Waals surface area (Å²) in [5.41, 5.74) is 0. The highest BCUT2D eigenvalue weighted by molar-refractivity contribution is 7.89. The summed E-state index contributed by atoms with van der Waals surface area (Å²) in [5.74, 6) is -4.29. The first-order valence-corrected chi connectivity index (χ1v) is 4.95. The zero-order chi connectivity index (χ0) is 10.9. The van der Waals surface area contributed by atoms with Crippen LogP contribution in [-0.4, -0.2) is 15.5 Å². The Balaban J connectivity index is 3.50. The second-order valence-corrected chi connectivity index (χ2v) is 4.26. The van der Waals surface area contributed by atoms with Crippen LogP contribution in [0.15, 0.2) is 17.0 Å². The molecule has 1 N–H and O–H groups in total. The Bertz CT molecular complexity index is 458. The molecule has 0 aliphatic rings. The van der Waals surface area contributed by atoms with Gasteiger partial charge in [0.15, 0.2) is 11.6 Å². The summed E-state index contributed by atoms with van der Waals surface area (Å²) >= 11 is 0. The molecule has 0 saturated heterocycles. The van der Waals surface area contributed by atoms with Gasteiger partial charge in [0, 0.05) is 6.07 Å². The zero-order valence-electron chi connectivity index (χ0n) is 7.01. The van der Waals surface area contributed by atoms with Crippen LogP contribution in [0.3, 0.4) is 0 Å². The Morgan fingerprint density at radius 1 is 1.21 bits per heavy atom. The molecule has 0 radical (unpaired) electrons. The number of halogens is 3. The quantitative estimate of drug-likeness (QED) is 0.763. The summed E-state index contributed by atoms with van der Waals surface area (Å²) < 4.78 is 61.9. The van der Waals surface area contributed by atoms with Gasteiger partial charge < -0.3 is 0 Å². The first-order chi connectivity index (χ1) is 6.38. The summed E-state index contributed by atoms with van der Waals surface area (Å²) in [6.07, 6.45) is 0. The first-order valence-electron chi connectivity index (χ1n) is 3.46. The van der Waals surface area contributed by atoms with Gasteiger partial charge in [-0.25, -0.2) is 26.3 Å². The van der Waals surface area contributed by atoms with Crippen molar-refractivity contribution >= 4 is 10.0 Å². The molecule has 1 rings (SSSR count). The first kappa shape index (κ1) is 11.0. The van der Waals surface area contributed by atoms with E-state index < -0.39 is 32.4 Å². The Labute approximate surface area is 78.6 Å². The van der Waals surface area contributed by atoms with Gasteiger partial charge in [-0.05, 0) is 13.1 Å². The van der Waals surface area contributed by atoms with Crippen LogP contribution in [0.5, 0.6) is 0 Å². The van der Waals surface area contributed by atoms with E-state index in [0.29, 0.717) is 6.07 Å². The van der Waals surface area contributed by atoms with E-state index >= 15 is 0 Å². The smallest absolute Gasteiger partial charge is 0.214 e. The number of hydrogen-bond acceptors (Lipinski definition) is 2. The molecule has 0 unspecified atom stereocenters. The lowest BCUT2D eigenvalue weighted by Crippen LogP contribution is -2.20. The lowest BCUT2D eigenvalue weighted by molar-refractivity contribution is 0.469. The van der Waals surface area contributed by atoms with Crippen molar-refractivity contribution in [3.8, 4) is 0 Å². The van der Waals surface area contributed by atoms with Crippen molar-refractivity contribution in [2.45, 2.75) is 4.90 Å². The maximum absolute atomic E-state index is 12.9. The van der Waals surface area contributed by atoms with Crippen molar-refractivity contribution in [1.29, 1.82) is 0 Å². The van der Waals surface area contributed by atoms with Crippen LogP contribution in [0, 0.1) is 17.5 Å². The fourth-order valence-electron chi connectivity index (χ4n) is 0.838. The maximum Gasteiger partial charge on any atom is 0.243 e. The second kappa shape index (κ2) is 3.58. The predicted molar refractivity (Wildman–Crippen MR) is 42.6 cm³/mol. The summed E-state index contributed by atoms with van der Waals surface area (Å²) in [5, 5.41) is 0. The molecule has 0 spiro atoms. The van der Waals surface area contributed by atoms with E-state index in [0.717, 1.165) is 7.05 Å². The third-order valence-corrected chi connectivity index (χ3v) is 2.93. The molecule has 0 saturated carbocycles. The second-order valence-electron chi connectivity index (χ2n) is 2.41. The average Bonchev–Trinajstić information content (AvgIpc) is 2.11. The molecule has 0 bridgehead atoms. The van der Waals surface area contributed by atoms with Crippen molar-refractivity contribution in [3.05, 3.63) is 29.6 Å². The van der Waals surface area contributed by atoms with Crippen molar-refractivity contribution in [2.24, 2.45) is 0 Å². The summed E-state index contributed by atoms with van der Waals surface area (Å²) in [7, 11) is -3.17. The van der Waals surface area contributed by atoms with E-state index in [1.807, 2.05) is 0 Å². The van der Waals surface area contributed by atoms with Crippen molar-refractivity contribution < 1.29 is 21.6 Å². The van der Waals surface area contributed by atoms with Crippen LogP contribution < -0.4 is 4.72 Å². The minimum Gasteiger partial charge on any atom is -0.214 e. The Hall–Kier alpha value is -1.08. The van der Waals surface area contributed by atoms with Gasteiger partial charge >= 0.3 is 0 Å². The van der Waals surface area contributed by atoms with E-state index in [-0.39, 0.29) is 6.07 Å². The molecule has 0 aliphatic carbocycles. The molecule has 14 heavy (non-hydrogen) atoms. The minimum absolute atomic E-state index is 0.268. The molecule has 0 aromatic heterocycles. The molecular formula is C7H6F3NO2S. The highest BCUT2D eigenvalue weighted by Gasteiger charge is 2.21. The third kappa shape index (κ3) is 1.88. The fourth-order valence-corrected chi connectivity index (χ4v) is 1.66. The Morgan fingerprint density at radius 2 is 1.79 bits per heavy atom. The molecule has 7 heteroatoms. The average molecular weight is 225 g/mol. The van der Waals surface area contributed by atoms with Crippen LogP contribution in [0.25, 0.3) is 0 Å². The summed E-state index contributed by atoms with van der Waals surface area (Å²) in [6, 6.07) is 0.675. The standard InChI is InChI=1S/C7H6F3NO2S/c1-11-14(12,13)6-3-4(8)2-5(9)7(6)10/h2-3,11H,1H3. The third-order valence-electron chi connectivity index (χ3n) is 1.52. The van der Waals surface area contributed by atoms with E-state index in [9.17, 15) is 21.6 Å². The van der Waals surface area contributed by atoms with Gasteiger partial charge in [-0.3, -0.25) is 0 Å². The van der Waals surface area contributed by atoms with Crippen molar-refractivity contribution in [2.75, 3.05) is 7.05 Å². The minimum atomic E-state index is -4.18. The number of benzene rings is 1. The number of nitrogens with one attached hydrogen (secondary N) is 1. The van der Waals surface area contributed by atoms with Crippen molar-refractivity contribution in [1.82, 2.24) is 4.72 Å². The predicted octanol–water partition coefficient (Wildman–Crippen LogP) is 1.01. The van der Waals surface area contributed by atoms with E-state index in [1.54, 1.807) is 4.72 Å². The highest BCUT2D eigenvalue weighted by atomic mass is 32.2. The molecule has 3 nitrogen and oxygen atoms in total. The van der Waals surface area contributed by atoms with Crippen LogP contribution >= 0.6 is 0 Å². The monoisotopic (exact) mass is 225 g/mol. The van der Waals surface area contributed by atoms with Crippen molar-refractivity contribution in [3.63, 3.8) is 0 Å². The SMILES string of the molecule is CNS(=O)(=O)c1cc(F)cc(F)c1F. The molecule has 0 fully saturated rings.